The first-order valence-corrected chi connectivity index (χ1v) is 6.88. The number of phenolic OH excluding ortho intramolecular Hbond substituents is 1. The third-order valence-corrected chi connectivity index (χ3v) is 4.27. The Balaban J connectivity index is 1.55. The predicted octanol–water partition coefficient (Wildman–Crippen LogP) is 2.28. The summed E-state index contributed by atoms with van der Waals surface area (Å²) in [6.45, 7) is 0. The molecule has 19 heavy (non-hydrogen) atoms. The highest BCUT2D eigenvalue weighted by atomic mass is 16.3. The van der Waals surface area contributed by atoms with Gasteiger partial charge in [-0.15, -0.1) is 0 Å². The molecule has 4 nitrogen and oxygen atoms in total. The lowest BCUT2D eigenvalue weighted by Crippen LogP contribution is -2.20. The number of nitrogens with zero attached hydrogens (tertiary/aromatic N) is 1. The van der Waals surface area contributed by atoms with Crippen LogP contribution in [0.2, 0.25) is 0 Å². The first-order valence-electron chi connectivity index (χ1n) is 6.88. The summed E-state index contributed by atoms with van der Waals surface area (Å²) >= 11 is 0. The predicted molar refractivity (Wildman–Crippen MR) is 72.8 cm³/mol. The average molecular weight is 258 g/mol. The van der Waals surface area contributed by atoms with Crippen molar-refractivity contribution >= 4 is 12.1 Å². The Kier molecular flexibility index (Phi) is 3.23. The van der Waals surface area contributed by atoms with Gasteiger partial charge < -0.3 is 5.11 Å². The Morgan fingerprint density at radius 2 is 1.95 bits per heavy atom. The zero-order chi connectivity index (χ0) is 13.2. The van der Waals surface area contributed by atoms with E-state index in [1.54, 1.807) is 18.2 Å². The molecule has 0 unspecified atom stereocenters. The third-order valence-electron chi connectivity index (χ3n) is 4.27. The Bertz CT molecular complexity index is 501. The van der Waals surface area contributed by atoms with Gasteiger partial charge in [0.15, 0.2) is 0 Å². The number of fused-ring (bicyclic) bond motifs is 1. The zero-order valence-corrected chi connectivity index (χ0v) is 10.7. The third kappa shape index (κ3) is 2.48. The molecular formula is C15H18N2O2. The van der Waals surface area contributed by atoms with Crippen LogP contribution in [0, 0.1) is 17.8 Å². The molecule has 0 saturated heterocycles. The Morgan fingerprint density at radius 1 is 1.26 bits per heavy atom. The maximum absolute atomic E-state index is 12.0. The maximum atomic E-state index is 12.0. The number of hydrogen-bond acceptors (Lipinski definition) is 3. The monoisotopic (exact) mass is 258 g/mol. The molecule has 1 aromatic carbocycles. The number of rotatable bonds is 3. The summed E-state index contributed by atoms with van der Waals surface area (Å²) < 4.78 is 0. The fourth-order valence-electron chi connectivity index (χ4n) is 3.22. The van der Waals surface area contributed by atoms with Crippen molar-refractivity contribution in [1.82, 2.24) is 5.43 Å². The lowest BCUT2D eigenvalue weighted by Gasteiger charge is -2.04. The average Bonchev–Trinajstić information content (AvgIpc) is 3.15. The standard InChI is InChI=1S/C15H18N2O2/c18-13-8-4-1-5-10(13)9-16-17-15(19)14-11-6-2-3-7-12(11)14/h1,4-5,8-9,11-12,14,18H,2-3,6-7H2,(H,17,19)/t11-,12-/m0/s1. The van der Waals surface area contributed by atoms with E-state index in [9.17, 15) is 9.90 Å². The van der Waals surface area contributed by atoms with E-state index in [2.05, 4.69) is 10.5 Å². The number of amides is 1. The number of para-hydroxylation sites is 1. The second-order valence-electron chi connectivity index (χ2n) is 5.43. The second-order valence-corrected chi connectivity index (χ2v) is 5.43. The van der Waals surface area contributed by atoms with Crippen LogP contribution in [0.1, 0.15) is 31.2 Å². The van der Waals surface area contributed by atoms with Crippen LogP contribution in [0.15, 0.2) is 29.4 Å². The molecule has 0 aromatic heterocycles. The molecule has 0 bridgehead atoms. The highest BCUT2D eigenvalue weighted by Gasteiger charge is 2.54. The van der Waals surface area contributed by atoms with E-state index in [4.69, 9.17) is 0 Å². The number of phenols is 1. The molecule has 3 rings (SSSR count). The van der Waals surface area contributed by atoms with Crippen molar-refractivity contribution in [2.45, 2.75) is 25.7 Å². The number of carbonyl (C=O) groups is 1. The van der Waals surface area contributed by atoms with Gasteiger partial charge in [-0.2, -0.15) is 5.10 Å². The second kappa shape index (κ2) is 5.03. The lowest BCUT2D eigenvalue weighted by atomic mass is 10.0. The fourth-order valence-corrected chi connectivity index (χ4v) is 3.22. The molecule has 2 aliphatic carbocycles. The molecule has 1 amide bonds. The van der Waals surface area contributed by atoms with Gasteiger partial charge >= 0.3 is 0 Å². The first kappa shape index (κ1) is 12.2. The van der Waals surface area contributed by atoms with Crippen molar-refractivity contribution in [3.63, 3.8) is 0 Å². The molecule has 0 spiro atoms. The summed E-state index contributed by atoms with van der Waals surface area (Å²) in [6.07, 6.45) is 6.37. The Hall–Kier alpha value is -1.84. The highest BCUT2D eigenvalue weighted by molar-refractivity contribution is 5.86. The maximum Gasteiger partial charge on any atom is 0.243 e. The van der Waals surface area contributed by atoms with Gasteiger partial charge in [0.2, 0.25) is 5.91 Å². The van der Waals surface area contributed by atoms with Crippen LogP contribution in [-0.2, 0) is 4.79 Å². The van der Waals surface area contributed by atoms with Crippen molar-refractivity contribution in [1.29, 1.82) is 0 Å². The molecule has 0 radical (unpaired) electrons. The van der Waals surface area contributed by atoms with Gasteiger partial charge in [-0.3, -0.25) is 4.79 Å². The summed E-state index contributed by atoms with van der Waals surface area (Å²) in [7, 11) is 0. The van der Waals surface area contributed by atoms with Gasteiger partial charge in [-0.1, -0.05) is 25.0 Å². The van der Waals surface area contributed by atoms with Gasteiger partial charge in [0, 0.05) is 11.5 Å². The summed E-state index contributed by atoms with van der Waals surface area (Å²) in [5.41, 5.74) is 3.20. The first-order chi connectivity index (χ1) is 9.27. The van der Waals surface area contributed by atoms with Crippen LogP contribution < -0.4 is 5.43 Å². The quantitative estimate of drug-likeness (QED) is 0.645. The van der Waals surface area contributed by atoms with Crippen molar-refractivity contribution in [3.05, 3.63) is 29.8 Å². The minimum atomic E-state index is 0.0311. The van der Waals surface area contributed by atoms with Crippen molar-refractivity contribution in [2.75, 3.05) is 0 Å². The molecule has 2 fully saturated rings. The number of aromatic hydroxyl groups is 1. The number of carbonyl (C=O) groups excluding carboxylic acids is 1. The van der Waals surface area contributed by atoms with Gasteiger partial charge in [-0.25, -0.2) is 5.43 Å². The molecule has 2 atom stereocenters. The van der Waals surface area contributed by atoms with Gasteiger partial charge in [0.05, 0.1) is 6.21 Å². The number of nitrogens with one attached hydrogen (secondary N) is 1. The van der Waals surface area contributed by atoms with Gasteiger partial charge in [-0.05, 0) is 36.8 Å². The Labute approximate surface area is 112 Å². The minimum absolute atomic E-state index is 0.0311. The fraction of sp³-hybridized carbons (Fsp3) is 0.467. The molecule has 4 heteroatoms. The number of benzene rings is 1. The SMILES string of the molecule is O=C(NN=Cc1ccccc1O)C1[C@H]2CCCC[C@H]12. The number of hydrazone groups is 1. The largest absolute Gasteiger partial charge is 0.507 e. The van der Waals surface area contributed by atoms with Gasteiger partial charge in [0.25, 0.3) is 0 Å². The van der Waals surface area contributed by atoms with Crippen LogP contribution >= 0.6 is 0 Å². The molecule has 100 valence electrons. The van der Waals surface area contributed by atoms with E-state index < -0.39 is 0 Å². The Morgan fingerprint density at radius 3 is 2.63 bits per heavy atom. The van der Waals surface area contributed by atoms with Crippen LogP contribution in [0.3, 0.4) is 0 Å². The van der Waals surface area contributed by atoms with Crippen LogP contribution in [-0.4, -0.2) is 17.2 Å². The van der Waals surface area contributed by atoms with Crippen LogP contribution in [0.25, 0.3) is 0 Å². The molecule has 2 saturated carbocycles. The number of hydrogen-bond donors (Lipinski definition) is 2. The minimum Gasteiger partial charge on any atom is -0.507 e. The molecule has 2 N–H and O–H groups in total. The van der Waals surface area contributed by atoms with Gasteiger partial charge in [0.1, 0.15) is 5.75 Å². The lowest BCUT2D eigenvalue weighted by molar-refractivity contribution is -0.122. The van der Waals surface area contributed by atoms with Crippen LogP contribution in [0.4, 0.5) is 0 Å². The van der Waals surface area contributed by atoms with E-state index in [1.807, 2.05) is 6.07 Å². The van der Waals surface area contributed by atoms with E-state index in [-0.39, 0.29) is 17.6 Å². The van der Waals surface area contributed by atoms with Crippen molar-refractivity contribution in [2.24, 2.45) is 22.9 Å². The topological polar surface area (TPSA) is 61.7 Å². The molecule has 1 aromatic rings. The van der Waals surface area contributed by atoms with Crippen LogP contribution in [0.5, 0.6) is 5.75 Å². The molecule has 0 aliphatic heterocycles. The summed E-state index contributed by atoms with van der Waals surface area (Å²) in [5, 5.41) is 13.5. The molecule has 0 heterocycles. The molecular weight excluding hydrogens is 240 g/mol. The smallest absolute Gasteiger partial charge is 0.243 e. The zero-order valence-electron chi connectivity index (χ0n) is 10.7. The normalized spacial score (nSPS) is 28.9. The van der Waals surface area contributed by atoms with E-state index in [0.717, 1.165) is 0 Å². The summed E-state index contributed by atoms with van der Waals surface area (Å²) in [6, 6.07) is 6.92. The molecule has 2 aliphatic rings. The van der Waals surface area contributed by atoms with Crippen molar-refractivity contribution < 1.29 is 9.90 Å². The van der Waals surface area contributed by atoms with E-state index in [1.165, 1.54) is 31.9 Å². The summed E-state index contributed by atoms with van der Waals surface area (Å²) in [5.74, 6) is 1.55. The summed E-state index contributed by atoms with van der Waals surface area (Å²) in [4.78, 5) is 12.0. The highest BCUT2D eigenvalue weighted by Crippen LogP contribution is 2.55. The van der Waals surface area contributed by atoms with E-state index in [0.29, 0.717) is 17.4 Å². The van der Waals surface area contributed by atoms with E-state index >= 15 is 0 Å². The van der Waals surface area contributed by atoms with Crippen molar-refractivity contribution in [3.8, 4) is 5.75 Å².